The van der Waals surface area contributed by atoms with E-state index in [9.17, 15) is 19.5 Å². The molecule has 4 aliphatic carbocycles. The quantitative estimate of drug-likeness (QED) is 0.603. The van der Waals surface area contributed by atoms with E-state index in [1.165, 1.54) is 7.11 Å². The van der Waals surface area contributed by atoms with Crippen molar-refractivity contribution in [2.75, 3.05) is 13.7 Å². The summed E-state index contributed by atoms with van der Waals surface area (Å²) in [4.78, 5) is 38.7. The van der Waals surface area contributed by atoms with E-state index in [0.717, 1.165) is 18.4 Å². The van der Waals surface area contributed by atoms with Crippen LogP contribution in [0.5, 0.6) is 0 Å². The summed E-state index contributed by atoms with van der Waals surface area (Å²) in [5, 5.41) is 11.6. The molecule has 5 rings (SSSR count). The summed E-state index contributed by atoms with van der Waals surface area (Å²) in [6.45, 7) is 7.50. The van der Waals surface area contributed by atoms with E-state index in [4.69, 9.17) is 14.2 Å². The molecule has 1 N–H and O–H groups in total. The average molecular weight is 459 g/mol. The second kappa shape index (κ2) is 7.09. The van der Waals surface area contributed by atoms with Crippen LogP contribution in [0.15, 0.2) is 23.8 Å². The second-order valence-electron chi connectivity index (χ2n) is 11.5. The van der Waals surface area contributed by atoms with Gasteiger partial charge in [-0.25, -0.2) is 0 Å². The van der Waals surface area contributed by atoms with Gasteiger partial charge < -0.3 is 19.3 Å². The molecule has 5 aliphatic rings. The molecular weight excluding hydrogens is 424 g/mol. The lowest BCUT2D eigenvalue weighted by Crippen LogP contribution is -2.68. The summed E-state index contributed by atoms with van der Waals surface area (Å²) >= 11 is 0. The number of esters is 1. The zero-order valence-electron chi connectivity index (χ0n) is 20.1. The van der Waals surface area contributed by atoms with Crippen molar-refractivity contribution < 1.29 is 33.7 Å². The molecule has 3 saturated carbocycles. The van der Waals surface area contributed by atoms with Crippen LogP contribution in [0.2, 0.25) is 0 Å². The molecule has 0 radical (unpaired) electrons. The van der Waals surface area contributed by atoms with Gasteiger partial charge in [0.25, 0.3) is 0 Å². The molecule has 7 nitrogen and oxygen atoms in total. The van der Waals surface area contributed by atoms with Crippen LogP contribution in [0, 0.1) is 34.5 Å². The minimum Gasteiger partial charge on any atom is -0.469 e. The Kier molecular flexibility index (Phi) is 4.93. The summed E-state index contributed by atoms with van der Waals surface area (Å²) in [7, 11) is 1.34. The van der Waals surface area contributed by atoms with Gasteiger partial charge in [-0.15, -0.1) is 0 Å². The number of carbonyl (C=O) groups excluding carboxylic acids is 3. The first kappa shape index (κ1) is 22.9. The van der Waals surface area contributed by atoms with E-state index in [2.05, 4.69) is 6.92 Å². The summed E-state index contributed by atoms with van der Waals surface area (Å²) in [6.07, 6.45) is 6.92. The summed E-state index contributed by atoms with van der Waals surface area (Å²) in [5.74, 6) is -2.55. The highest BCUT2D eigenvalue weighted by molar-refractivity contribution is 6.01. The largest absolute Gasteiger partial charge is 0.469 e. The minimum atomic E-state index is -1.41. The molecule has 4 fully saturated rings. The number of methoxy groups -OCH3 is 1. The van der Waals surface area contributed by atoms with Crippen LogP contribution < -0.4 is 0 Å². The second-order valence-corrected chi connectivity index (χ2v) is 11.5. The minimum absolute atomic E-state index is 0.00919. The van der Waals surface area contributed by atoms with Gasteiger partial charge >= 0.3 is 5.97 Å². The third kappa shape index (κ3) is 2.88. The molecule has 1 aliphatic heterocycles. The summed E-state index contributed by atoms with van der Waals surface area (Å²) in [5.41, 5.74) is -1.52. The zero-order valence-corrected chi connectivity index (χ0v) is 20.1. The highest BCUT2D eigenvalue weighted by Gasteiger charge is 2.76. The first-order chi connectivity index (χ1) is 15.4. The van der Waals surface area contributed by atoms with Crippen molar-refractivity contribution in [2.24, 2.45) is 34.5 Å². The van der Waals surface area contributed by atoms with E-state index in [1.54, 1.807) is 26.0 Å². The van der Waals surface area contributed by atoms with Crippen molar-refractivity contribution in [3.05, 3.63) is 23.8 Å². The third-order valence-electron chi connectivity index (χ3n) is 9.57. The number of hydrogen-bond donors (Lipinski definition) is 1. The van der Waals surface area contributed by atoms with Crippen molar-refractivity contribution in [1.29, 1.82) is 0 Å². The van der Waals surface area contributed by atoms with Crippen molar-refractivity contribution in [2.45, 2.75) is 70.9 Å². The molecule has 33 heavy (non-hydrogen) atoms. The maximum atomic E-state index is 13.6. The van der Waals surface area contributed by atoms with Gasteiger partial charge in [0.15, 0.2) is 23.0 Å². The highest BCUT2D eigenvalue weighted by Crippen LogP contribution is 2.70. The summed E-state index contributed by atoms with van der Waals surface area (Å²) in [6, 6.07) is 0. The van der Waals surface area contributed by atoms with Crippen LogP contribution >= 0.6 is 0 Å². The summed E-state index contributed by atoms with van der Waals surface area (Å²) < 4.78 is 17.3. The maximum Gasteiger partial charge on any atom is 0.312 e. The Hall–Kier alpha value is -1.83. The standard InChI is InChI=1S/C26H34O7/c1-23(2)32-13-20(29)26(33-23)18(22(30)31-5)11-17-16-7-6-14-10-15(27)8-9-24(14,3)21(16)19(28)12-25(17,26)4/h8-10,16-19,21,28H,6-7,11-13H2,1-5H3/t16-,17-,18-,19-,21+,24-,25-,26-/m0/s1. The van der Waals surface area contributed by atoms with Crippen molar-refractivity contribution in [3.63, 3.8) is 0 Å². The number of ether oxygens (including phenoxy) is 3. The van der Waals surface area contributed by atoms with Gasteiger partial charge in [-0.2, -0.15) is 0 Å². The molecule has 180 valence electrons. The average Bonchev–Trinajstić information content (AvgIpc) is 2.99. The molecule has 7 heteroatoms. The number of carbonyl (C=O) groups is 3. The van der Waals surface area contributed by atoms with E-state index in [1.807, 2.05) is 13.0 Å². The van der Waals surface area contributed by atoms with Crippen molar-refractivity contribution in [3.8, 4) is 0 Å². The van der Waals surface area contributed by atoms with Crippen molar-refractivity contribution >= 4 is 17.5 Å². The number of allylic oxidation sites excluding steroid dienone is 4. The first-order valence-electron chi connectivity index (χ1n) is 12.0. The van der Waals surface area contributed by atoms with E-state index < -0.39 is 40.2 Å². The Morgan fingerprint density at radius 3 is 2.64 bits per heavy atom. The number of Topliss-reactive ketones (excluding diaryl/α,β-unsaturated/α-hetero) is 1. The van der Waals surface area contributed by atoms with Gasteiger partial charge in [-0.05, 0) is 63.5 Å². The Morgan fingerprint density at radius 1 is 1.21 bits per heavy atom. The van der Waals surface area contributed by atoms with Gasteiger partial charge in [-0.1, -0.05) is 25.5 Å². The third-order valence-corrected chi connectivity index (χ3v) is 9.57. The van der Waals surface area contributed by atoms with Gasteiger partial charge in [0.2, 0.25) is 0 Å². The fourth-order valence-corrected chi connectivity index (χ4v) is 8.28. The monoisotopic (exact) mass is 458 g/mol. The number of hydrogen-bond acceptors (Lipinski definition) is 7. The molecular formula is C26H34O7. The van der Waals surface area contributed by atoms with E-state index in [-0.39, 0.29) is 35.9 Å². The lowest BCUT2D eigenvalue weighted by atomic mass is 9.46. The van der Waals surface area contributed by atoms with E-state index >= 15 is 0 Å². The molecule has 0 aromatic heterocycles. The fourth-order valence-electron chi connectivity index (χ4n) is 8.28. The van der Waals surface area contributed by atoms with Gasteiger partial charge in [0.05, 0.1) is 19.1 Å². The number of rotatable bonds is 1. The molecule has 0 aromatic rings. The molecule has 8 atom stereocenters. The number of ketones is 2. The molecule has 0 amide bonds. The molecule has 0 unspecified atom stereocenters. The van der Waals surface area contributed by atoms with Crippen LogP contribution in [0.3, 0.4) is 0 Å². The SMILES string of the molecule is COC(=O)[C@@H]1C[C@H]2[C@@H]3CCC4=CC(=O)C=C[C@]4(C)[C@H]3[C@@H](O)C[C@]2(C)[C@]12OC(C)(C)OCC2=O. The first-order valence-corrected chi connectivity index (χ1v) is 12.0. The normalized spacial score (nSPS) is 48.1. The molecule has 1 spiro atoms. The van der Waals surface area contributed by atoms with Crippen LogP contribution in [0.4, 0.5) is 0 Å². The van der Waals surface area contributed by atoms with E-state index in [0.29, 0.717) is 12.8 Å². The van der Waals surface area contributed by atoms with Crippen molar-refractivity contribution in [1.82, 2.24) is 0 Å². The lowest BCUT2D eigenvalue weighted by molar-refractivity contribution is -0.323. The van der Waals surface area contributed by atoms with Gasteiger partial charge in [0, 0.05) is 16.7 Å². The maximum absolute atomic E-state index is 13.6. The highest BCUT2D eigenvalue weighted by atomic mass is 16.7. The zero-order chi connectivity index (χ0) is 24.0. The Labute approximate surface area is 194 Å². The van der Waals surface area contributed by atoms with Gasteiger partial charge in [-0.3, -0.25) is 14.4 Å². The number of aliphatic hydroxyl groups excluding tert-OH is 1. The molecule has 1 saturated heterocycles. The molecule has 0 bridgehead atoms. The molecule has 0 aromatic carbocycles. The predicted octanol–water partition coefficient (Wildman–Crippen LogP) is 2.76. The smallest absolute Gasteiger partial charge is 0.312 e. The van der Waals surface area contributed by atoms with Crippen LogP contribution in [-0.2, 0) is 28.6 Å². The number of aliphatic hydroxyl groups is 1. The predicted molar refractivity (Wildman–Crippen MR) is 118 cm³/mol. The lowest BCUT2D eigenvalue weighted by Gasteiger charge is -2.61. The Bertz CT molecular complexity index is 979. The topological polar surface area (TPSA) is 99.1 Å². The van der Waals surface area contributed by atoms with Gasteiger partial charge in [0.1, 0.15) is 6.61 Å². The fraction of sp³-hybridized carbons (Fsp3) is 0.731. The Morgan fingerprint density at radius 2 is 1.94 bits per heavy atom. The van der Waals surface area contributed by atoms with Crippen LogP contribution in [0.25, 0.3) is 0 Å². The molecule has 1 heterocycles. The van der Waals surface area contributed by atoms with Crippen LogP contribution in [-0.4, -0.2) is 53.9 Å². The Balaban J connectivity index is 1.63. The van der Waals surface area contributed by atoms with Crippen LogP contribution in [0.1, 0.15) is 53.4 Å². The number of fused-ring (bicyclic) bond motifs is 6.